The van der Waals surface area contributed by atoms with E-state index in [1.165, 1.54) is 0 Å². The summed E-state index contributed by atoms with van der Waals surface area (Å²) in [5.74, 6) is 0.896. The van der Waals surface area contributed by atoms with Gasteiger partial charge in [-0.25, -0.2) is 0 Å². The summed E-state index contributed by atoms with van der Waals surface area (Å²) in [6, 6.07) is 15.7. The van der Waals surface area contributed by atoms with E-state index >= 15 is 0 Å². The van der Waals surface area contributed by atoms with Crippen LogP contribution < -0.4 is 15.4 Å². The van der Waals surface area contributed by atoms with Crippen molar-refractivity contribution >= 4 is 23.0 Å². The van der Waals surface area contributed by atoms with Crippen LogP contribution in [0.2, 0.25) is 5.02 Å². The van der Waals surface area contributed by atoms with Crippen LogP contribution in [0.25, 0.3) is 0 Å². The molecule has 0 saturated heterocycles. The highest BCUT2D eigenvalue weighted by Gasteiger charge is 1.97. The van der Waals surface area contributed by atoms with Gasteiger partial charge in [0, 0.05) is 18.8 Å². The molecule has 0 aliphatic rings. The fourth-order valence-electron chi connectivity index (χ4n) is 1.84. The van der Waals surface area contributed by atoms with Crippen molar-refractivity contribution in [1.29, 1.82) is 0 Å². The third kappa shape index (κ3) is 4.35. The Morgan fingerprint density at radius 1 is 0.950 bits per heavy atom. The maximum absolute atomic E-state index is 6.07. The van der Waals surface area contributed by atoms with Gasteiger partial charge in [-0.05, 0) is 43.3 Å². The van der Waals surface area contributed by atoms with Gasteiger partial charge in [0.05, 0.1) is 17.3 Å². The van der Waals surface area contributed by atoms with Crippen LogP contribution in [0.5, 0.6) is 5.75 Å². The monoisotopic (exact) mass is 290 g/mol. The molecule has 2 aromatic rings. The summed E-state index contributed by atoms with van der Waals surface area (Å²) < 4.78 is 5.40. The minimum Gasteiger partial charge on any atom is -0.494 e. The van der Waals surface area contributed by atoms with Crippen molar-refractivity contribution in [2.45, 2.75) is 6.92 Å². The molecule has 2 N–H and O–H groups in total. The average molecular weight is 291 g/mol. The maximum Gasteiger partial charge on any atom is 0.119 e. The van der Waals surface area contributed by atoms with Gasteiger partial charge >= 0.3 is 0 Å². The second-order valence-electron chi connectivity index (χ2n) is 4.29. The molecule has 0 heterocycles. The summed E-state index contributed by atoms with van der Waals surface area (Å²) in [5, 5.41) is 7.38. The summed E-state index contributed by atoms with van der Waals surface area (Å²) in [5.41, 5.74) is 2.04. The number of benzene rings is 2. The molecule has 0 aliphatic heterocycles. The molecule has 0 unspecified atom stereocenters. The lowest BCUT2D eigenvalue weighted by Gasteiger charge is -2.10. The van der Waals surface area contributed by atoms with E-state index in [4.69, 9.17) is 16.3 Å². The van der Waals surface area contributed by atoms with E-state index in [-0.39, 0.29) is 0 Å². The number of halogens is 1. The zero-order chi connectivity index (χ0) is 14.2. The zero-order valence-corrected chi connectivity index (χ0v) is 12.3. The first-order valence-corrected chi connectivity index (χ1v) is 7.12. The molecule has 0 bridgehead atoms. The van der Waals surface area contributed by atoms with Crippen molar-refractivity contribution in [1.82, 2.24) is 0 Å². The van der Waals surface area contributed by atoms with Crippen LogP contribution in [-0.2, 0) is 0 Å². The Hall–Kier alpha value is -1.87. The standard InChI is InChI=1S/C16H19ClN2O/c1-2-20-14-9-7-13(8-10-14)18-11-12-19-16-6-4-3-5-15(16)17/h3-10,18-19H,2,11-12H2,1H3. The van der Waals surface area contributed by atoms with Gasteiger partial charge in [-0.15, -0.1) is 0 Å². The Kier molecular flexibility index (Phi) is 5.56. The molecule has 2 rings (SSSR count). The van der Waals surface area contributed by atoms with Crippen molar-refractivity contribution in [3.8, 4) is 5.75 Å². The van der Waals surface area contributed by atoms with Crippen molar-refractivity contribution < 1.29 is 4.74 Å². The van der Waals surface area contributed by atoms with E-state index in [2.05, 4.69) is 10.6 Å². The number of rotatable bonds is 7. The van der Waals surface area contributed by atoms with Gasteiger partial charge in [0.2, 0.25) is 0 Å². The van der Waals surface area contributed by atoms with E-state index < -0.39 is 0 Å². The highest BCUT2D eigenvalue weighted by molar-refractivity contribution is 6.33. The highest BCUT2D eigenvalue weighted by atomic mass is 35.5. The molecule has 0 saturated carbocycles. The molecular weight excluding hydrogens is 272 g/mol. The molecule has 0 atom stereocenters. The van der Waals surface area contributed by atoms with E-state index in [1.807, 2.05) is 55.5 Å². The SMILES string of the molecule is CCOc1ccc(NCCNc2ccccc2Cl)cc1. The largest absolute Gasteiger partial charge is 0.494 e. The first-order valence-electron chi connectivity index (χ1n) is 6.74. The van der Waals surface area contributed by atoms with Gasteiger partial charge in [0.1, 0.15) is 5.75 Å². The molecule has 3 nitrogen and oxygen atoms in total. The summed E-state index contributed by atoms with van der Waals surface area (Å²) in [6.45, 7) is 4.29. The van der Waals surface area contributed by atoms with Crippen LogP contribution in [0.15, 0.2) is 48.5 Å². The lowest BCUT2D eigenvalue weighted by atomic mass is 10.3. The number of ether oxygens (including phenoxy) is 1. The van der Waals surface area contributed by atoms with Crippen molar-refractivity contribution in [3.63, 3.8) is 0 Å². The molecule has 106 valence electrons. The quantitative estimate of drug-likeness (QED) is 0.748. The van der Waals surface area contributed by atoms with Crippen LogP contribution in [0.4, 0.5) is 11.4 Å². The minimum atomic E-state index is 0.689. The molecule has 0 amide bonds. The van der Waals surface area contributed by atoms with Crippen LogP contribution in [0, 0.1) is 0 Å². The highest BCUT2D eigenvalue weighted by Crippen LogP contribution is 2.20. The van der Waals surface area contributed by atoms with Gasteiger partial charge in [-0.3, -0.25) is 0 Å². The van der Waals surface area contributed by atoms with Gasteiger partial charge in [-0.2, -0.15) is 0 Å². The fourth-order valence-corrected chi connectivity index (χ4v) is 2.05. The van der Waals surface area contributed by atoms with Gasteiger partial charge in [0.15, 0.2) is 0 Å². The van der Waals surface area contributed by atoms with Gasteiger partial charge in [0.25, 0.3) is 0 Å². The lowest BCUT2D eigenvalue weighted by molar-refractivity contribution is 0.340. The second-order valence-corrected chi connectivity index (χ2v) is 4.70. The van der Waals surface area contributed by atoms with E-state index in [0.29, 0.717) is 6.61 Å². The third-order valence-corrected chi connectivity index (χ3v) is 3.14. The van der Waals surface area contributed by atoms with Crippen molar-refractivity contribution in [3.05, 3.63) is 53.6 Å². The number of anilines is 2. The molecule has 2 aromatic carbocycles. The normalized spacial score (nSPS) is 10.1. The molecule has 0 radical (unpaired) electrons. The Morgan fingerprint density at radius 3 is 2.35 bits per heavy atom. The Bertz CT molecular complexity index is 528. The average Bonchev–Trinajstić information content (AvgIpc) is 2.47. The first-order chi connectivity index (χ1) is 9.79. The van der Waals surface area contributed by atoms with Gasteiger partial charge in [-0.1, -0.05) is 23.7 Å². The Morgan fingerprint density at radius 2 is 1.65 bits per heavy atom. The predicted octanol–water partition coefficient (Wildman–Crippen LogP) is 4.26. The van der Waals surface area contributed by atoms with Crippen LogP contribution in [-0.4, -0.2) is 19.7 Å². The summed E-state index contributed by atoms with van der Waals surface area (Å²) in [4.78, 5) is 0. The molecule has 0 aliphatic carbocycles. The fraction of sp³-hybridized carbons (Fsp3) is 0.250. The van der Waals surface area contributed by atoms with Crippen LogP contribution in [0.3, 0.4) is 0 Å². The topological polar surface area (TPSA) is 33.3 Å². The minimum absolute atomic E-state index is 0.689. The maximum atomic E-state index is 6.07. The first kappa shape index (κ1) is 14.5. The van der Waals surface area contributed by atoms with E-state index in [0.717, 1.165) is 35.2 Å². The van der Waals surface area contributed by atoms with Crippen LogP contribution in [0.1, 0.15) is 6.92 Å². The zero-order valence-electron chi connectivity index (χ0n) is 11.5. The molecule has 4 heteroatoms. The second kappa shape index (κ2) is 7.65. The molecule has 20 heavy (non-hydrogen) atoms. The lowest BCUT2D eigenvalue weighted by Crippen LogP contribution is -2.13. The number of hydrogen-bond donors (Lipinski definition) is 2. The van der Waals surface area contributed by atoms with E-state index in [1.54, 1.807) is 0 Å². The molecule has 0 aromatic heterocycles. The predicted molar refractivity (Wildman–Crippen MR) is 86.0 cm³/mol. The van der Waals surface area contributed by atoms with E-state index in [9.17, 15) is 0 Å². The number of hydrogen-bond acceptors (Lipinski definition) is 3. The molecule has 0 spiro atoms. The smallest absolute Gasteiger partial charge is 0.119 e. The number of para-hydroxylation sites is 1. The Labute approximate surface area is 124 Å². The molecular formula is C16H19ClN2O. The summed E-state index contributed by atoms with van der Waals surface area (Å²) in [7, 11) is 0. The Balaban J connectivity index is 1.74. The van der Waals surface area contributed by atoms with Crippen molar-refractivity contribution in [2.75, 3.05) is 30.3 Å². The van der Waals surface area contributed by atoms with Crippen LogP contribution >= 0.6 is 11.6 Å². The molecule has 0 fully saturated rings. The van der Waals surface area contributed by atoms with Crippen molar-refractivity contribution in [2.24, 2.45) is 0 Å². The number of nitrogens with one attached hydrogen (secondary N) is 2. The van der Waals surface area contributed by atoms with Gasteiger partial charge < -0.3 is 15.4 Å². The summed E-state index contributed by atoms with van der Waals surface area (Å²) in [6.07, 6.45) is 0. The summed E-state index contributed by atoms with van der Waals surface area (Å²) >= 11 is 6.07. The third-order valence-electron chi connectivity index (χ3n) is 2.81.